The summed E-state index contributed by atoms with van der Waals surface area (Å²) in [7, 11) is -1.67. The monoisotopic (exact) mass is 545 g/mol. The molecule has 2 N–H and O–H groups in total. The summed E-state index contributed by atoms with van der Waals surface area (Å²) in [5, 5.41) is 6.54. The molecule has 1 fully saturated rings. The fourth-order valence-electron chi connectivity index (χ4n) is 3.52. The highest BCUT2D eigenvalue weighted by Crippen LogP contribution is 2.23. The second kappa shape index (κ2) is 11.7. The van der Waals surface area contributed by atoms with Crippen LogP contribution in [0.2, 0.25) is 0 Å². The second-order valence-corrected chi connectivity index (χ2v) is 9.47. The molecule has 0 radical (unpaired) electrons. The molecule has 1 aromatic heterocycles. The molecule has 0 spiro atoms. The second-order valence-electron chi connectivity index (χ2n) is 7.53. The third kappa shape index (κ3) is 6.71. The van der Waals surface area contributed by atoms with Crippen LogP contribution in [0.3, 0.4) is 0 Å². The van der Waals surface area contributed by atoms with Crippen LogP contribution in [-0.2, 0) is 23.1 Å². The standard InChI is InChI=1S/C21H31N5O2S.HI/c1-18-6-5-14-26(17-18)29(27,28)20-9-7-19(8-10-20)16-24-21(22-2)23-11-15-25-12-3-4-13-25;/h3-4,7-10,12-13,18H,5-6,11,14-17H2,1-2H3,(H2,22,23,24);1H. The molecular formula is C21H32IN5O2S. The van der Waals surface area contributed by atoms with Crippen molar-refractivity contribution >= 4 is 40.0 Å². The Balaban J connectivity index is 0.00000320. The van der Waals surface area contributed by atoms with Crippen LogP contribution in [0.15, 0.2) is 58.7 Å². The van der Waals surface area contributed by atoms with Gasteiger partial charge in [-0.15, -0.1) is 24.0 Å². The number of benzene rings is 1. The molecule has 7 nitrogen and oxygen atoms in total. The van der Waals surface area contributed by atoms with Gasteiger partial charge in [-0.3, -0.25) is 4.99 Å². The summed E-state index contributed by atoms with van der Waals surface area (Å²) in [6, 6.07) is 11.1. The lowest BCUT2D eigenvalue weighted by atomic mass is 10.0. The first-order valence-electron chi connectivity index (χ1n) is 10.1. The Hall–Kier alpha value is -1.59. The molecule has 166 valence electrons. The van der Waals surface area contributed by atoms with Crippen molar-refractivity contribution < 1.29 is 8.42 Å². The van der Waals surface area contributed by atoms with Crippen molar-refractivity contribution in [2.24, 2.45) is 10.9 Å². The third-order valence-electron chi connectivity index (χ3n) is 5.19. The third-order valence-corrected chi connectivity index (χ3v) is 7.07. The van der Waals surface area contributed by atoms with Gasteiger partial charge in [0.15, 0.2) is 5.96 Å². The molecule has 30 heavy (non-hydrogen) atoms. The molecule has 2 aromatic rings. The van der Waals surface area contributed by atoms with Crippen LogP contribution >= 0.6 is 24.0 Å². The lowest BCUT2D eigenvalue weighted by molar-refractivity contribution is 0.281. The van der Waals surface area contributed by atoms with E-state index in [9.17, 15) is 8.42 Å². The number of halogens is 1. The van der Waals surface area contributed by atoms with Gasteiger partial charge in [0.1, 0.15) is 0 Å². The van der Waals surface area contributed by atoms with Crippen molar-refractivity contribution in [2.75, 3.05) is 26.7 Å². The van der Waals surface area contributed by atoms with Crippen molar-refractivity contribution in [2.45, 2.75) is 37.8 Å². The van der Waals surface area contributed by atoms with E-state index in [2.05, 4.69) is 27.1 Å². The van der Waals surface area contributed by atoms with Gasteiger partial charge in [-0.25, -0.2) is 8.42 Å². The minimum absolute atomic E-state index is 0. The quantitative estimate of drug-likeness (QED) is 0.319. The van der Waals surface area contributed by atoms with Crippen LogP contribution in [0, 0.1) is 5.92 Å². The fourth-order valence-corrected chi connectivity index (χ4v) is 5.12. The molecule has 0 aliphatic carbocycles. The summed E-state index contributed by atoms with van der Waals surface area (Å²) in [6.07, 6.45) is 6.08. The van der Waals surface area contributed by atoms with Gasteiger partial charge in [0, 0.05) is 52.2 Å². The Labute approximate surface area is 197 Å². The number of hydrogen-bond donors (Lipinski definition) is 2. The first-order valence-corrected chi connectivity index (χ1v) is 11.6. The van der Waals surface area contributed by atoms with E-state index in [0.717, 1.165) is 37.5 Å². The zero-order valence-electron chi connectivity index (χ0n) is 17.6. The highest BCUT2D eigenvalue weighted by molar-refractivity contribution is 14.0. The van der Waals surface area contributed by atoms with Crippen molar-refractivity contribution in [1.82, 2.24) is 19.5 Å². The molecule has 1 aliphatic heterocycles. The molecule has 0 saturated carbocycles. The van der Waals surface area contributed by atoms with Gasteiger partial charge in [0.05, 0.1) is 4.90 Å². The molecule has 3 rings (SSSR count). The summed E-state index contributed by atoms with van der Waals surface area (Å²) in [4.78, 5) is 4.59. The van der Waals surface area contributed by atoms with Gasteiger partial charge in [-0.1, -0.05) is 19.1 Å². The van der Waals surface area contributed by atoms with E-state index in [4.69, 9.17) is 0 Å². The van der Waals surface area contributed by atoms with Gasteiger partial charge in [0.2, 0.25) is 10.0 Å². The van der Waals surface area contributed by atoms with E-state index in [1.54, 1.807) is 23.5 Å². The molecule has 1 aromatic carbocycles. The van der Waals surface area contributed by atoms with Gasteiger partial charge in [-0.2, -0.15) is 4.31 Å². The number of nitrogens with one attached hydrogen (secondary N) is 2. The summed E-state index contributed by atoms with van der Waals surface area (Å²) in [6.45, 7) is 5.52. The maximum Gasteiger partial charge on any atom is 0.243 e. The van der Waals surface area contributed by atoms with Crippen LogP contribution < -0.4 is 10.6 Å². The molecule has 0 amide bonds. The summed E-state index contributed by atoms with van der Waals surface area (Å²) >= 11 is 0. The molecular weight excluding hydrogens is 513 g/mol. The lowest BCUT2D eigenvalue weighted by Crippen LogP contribution is -2.39. The number of aliphatic imine (C=N–C) groups is 1. The fraction of sp³-hybridized carbons (Fsp3) is 0.476. The average molecular weight is 545 g/mol. The van der Waals surface area contributed by atoms with Crippen molar-refractivity contribution in [3.05, 3.63) is 54.4 Å². The minimum atomic E-state index is -3.41. The number of nitrogens with zero attached hydrogens (tertiary/aromatic N) is 3. The smallest absolute Gasteiger partial charge is 0.243 e. The first kappa shape index (κ1) is 24.7. The van der Waals surface area contributed by atoms with E-state index in [1.165, 1.54) is 0 Å². The van der Waals surface area contributed by atoms with E-state index >= 15 is 0 Å². The van der Waals surface area contributed by atoms with Crippen molar-refractivity contribution in [1.29, 1.82) is 0 Å². The van der Waals surface area contributed by atoms with Crippen molar-refractivity contribution in [3.63, 3.8) is 0 Å². The van der Waals surface area contributed by atoms with Crippen LogP contribution in [-0.4, -0.2) is 49.9 Å². The molecule has 2 heterocycles. The maximum absolute atomic E-state index is 12.9. The number of rotatable bonds is 7. The number of hydrogen-bond acceptors (Lipinski definition) is 3. The summed E-state index contributed by atoms with van der Waals surface area (Å²) < 4.78 is 29.4. The normalized spacial score (nSPS) is 17.9. The molecule has 1 aliphatic rings. The molecule has 1 saturated heterocycles. The zero-order chi connectivity index (χ0) is 20.7. The summed E-state index contributed by atoms with van der Waals surface area (Å²) in [5.74, 6) is 1.13. The molecule has 9 heteroatoms. The van der Waals surface area contributed by atoms with Crippen molar-refractivity contribution in [3.8, 4) is 0 Å². The Morgan fingerprint density at radius 2 is 1.87 bits per heavy atom. The highest BCUT2D eigenvalue weighted by atomic mass is 127. The van der Waals surface area contributed by atoms with Crippen LogP contribution in [0.1, 0.15) is 25.3 Å². The van der Waals surface area contributed by atoms with Crippen LogP contribution in [0.5, 0.6) is 0 Å². The Morgan fingerprint density at radius 1 is 1.17 bits per heavy atom. The number of aromatic nitrogens is 1. The predicted octanol–water partition coefficient (Wildman–Crippen LogP) is 2.89. The van der Waals surface area contributed by atoms with E-state index < -0.39 is 10.0 Å². The average Bonchev–Trinajstić information content (AvgIpc) is 3.24. The number of sulfonamides is 1. The Kier molecular flexibility index (Phi) is 9.63. The van der Waals surface area contributed by atoms with E-state index in [-0.39, 0.29) is 24.0 Å². The lowest BCUT2D eigenvalue weighted by Gasteiger charge is -2.30. The topological polar surface area (TPSA) is 78.7 Å². The molecule has 1 atom stereocenters. The zero-order valence-corrected chi connectivity index (χ0v) is 20.8. The van der Waals surface area contributed by atoms with Gasteiger partial charge in [0.25, 0.3) is 0 Å². The SMILES string of the molecule is CN=C(NCCn1cccc1)NCc1ccc(S(=O)(=O)N2CCCC(C)C2)cc1.I. The van der Waals surface area contributed by atoms with Crippen LogP contribution in [0.25, 0.3) is 0 Å². The number of piperidine rings is 1. The van der Waals surface area contributed by atoms with Crippen LogP contribution in [0.4, 0.5) is 0 Å². The van der Waals surface area contributed by atoms with Gasteiger partial charge in [-0.05, 0) is 48.6 Å². The number of guanidine groups is 1. The minimum Gasteiger partial charge on any atom is -0.355 e. The van der Waals surface area contributed by atoms with Gasteiger partial charge >= 0.3 is 0 Å². The highest BCUT2D eigenvalue weighted by Gasteiger charge is 2.28. The molecule has 0 bridgehead atoms. The predicted molar refractivity (Wildman–Crippen MR) is 132 cm³/mol. The van der Waals surface area contributed by atoms with E-state index in [0.29, 0.717) is 30.4 Å². The molecule has 1 unspecified atom stereocenters. The van der Waals surface area contributed by atoms with E-state index in [1.807, 2.05) is 36.7 Å². The Bertz CT molecular complexity index is 898. The first-order chi connectivity index (χ1) is 14.0. The maximum atomic E-state index is 12.9. The largest absolute Gasteiger partial charge is 0.355 e. The van der Waals surface area contributed by atoms with Gasteiger partial charge < -0.3 is 15.2 Å². The Morgan fingerprint density at radius 3 is 2.50 bits per heavy atom. The summed E-state index contributed by atoms with van der Waals surface area (Å²) in [5.41, 5.74) is 1.00.